The van der Waals surface area contributed by atoms with Gasteiger partial charge in [-0.1, -0.05) is 18.5 Å². The minimum atomic E-state index is 0.223. The van der Waals surface area contributed by atoms with Crippen LogP contribution < -0.4 is 4.90 Å². The monoisotopic (exact) mass is 280 g/mol. The molecule has 0 bridgehead atoms. The number of hydrogen-bond acceptors (Lipinski definition) is 2. The van der Waals surface area contributed by atoms with Gasteiger partial charge in [0.25, 0.3) is 0 Å². The number of hydrogen-bond donors (Lipinski definition) is 0. The first kappa shape index (κ1) is 14.4. The van der Waals surface area contributed by atoms with E-state index in [-0.39, 0.29) is 11.8 Å². The number of carbonyl (C=O) groups excluding carboxylic acids is 1. The van der Waals surface area contributed by atoms with Crippen LogP contribution in [0.4, 0.5) is 5.69 Å². The van der Waals surface area contributed by atoms with Crippen molar-refractivity contribution in [2.75, 3.05) is 32.1 Å². The molecule has 1 aromatic carbocycles. The molecule has 1 atom stereocenters. The highest BCUT2D eigenvalue weighted by Crippen LogP contribution is 2.37. The zero-order valence-corrected chi connectivity index (χ0v) is 12.6. The molecule has 2 rings (SSSR count). The molecule has 0 unspecified atom stereocenters. The molecule has 3 nitrogen and oxygen atoms in total. The van der Waals surface area contributed by atoms with Crippen molar-refractivity contribution in [2.45, 2.75) is 25.7 Å². The fourth-order valence-electron chi connectivity index (χ4n) is 2.57. The highest BCUT2D eigenvalue weighted by molar-refractivity contribution is 6.30. The molecule has 0 radical (unpaired) electrons. The summed E-state index contributed by atoms with van der Waals surface area (Å²) in [4.78, 5) is 16.3. The van der Waals surface area contributed by atoms with Gasteiger partial charge in [-0.2, -0.15) is 0 Å². The Morgan fingerprint density at radius 1 is 1.42 bits per heavy atom. The van der Waals surface area contributed by atoms with Crippen molar-refractivity contribution in [3.05, 3.63) is 28.8 Å². The van der Waals surface area contributed by atoms with E-state index in [1.54, 1.807) is 0 Å². The van der Waals surface area contributed by atoms with Crippen LogP contribution in [-0.2, 0) is 4.79 Å². The van der Waals surface area contributed by atoms with Gasteiger partial charge in [0.05, 0.1) is 0 Å². The molecule has 1 heterocycles. The SMILES string of the molecule is C[C@@H]1CC(=O)N(CCCN(C)C)c2ccc(Cl)cc21. The zero-order chi connectivity index (χ0) is 14.0. The van der Waals surface area contributed by atoms with E-state index in [0.717, 1.165) is 30.2 Å². The van der Waals surface area contributed by atoms with Gasteiger partial charge in [0.1, 0.15) is 0 Å². The van der Waals surface area contributed by atoms with Gasteiger partial charge in [-0.15, -0.1) is 0 Å². The van der Waals surface area contributed by atoms with Crippen LogP contribution >= 0.6 is 11.6 Å². The maximum absolute atomic E-state index is 12.2. The van der Waals surface area contributed by atoms with E-state index >= 15 is 0 Å². The Labute approximate surface area is 120 Å². The largest absolute Gasteiger partial charge is 0.312 e. The second-order valence-corrected chi connectivity index (χ2v) is 5.95. The number of fused-ring (bicyclic) bond motifs is 1. The Balaban J connectivity index is 2.20. The second kappa shape index (κ2) is 5.93. The number of carbonyl (C=O) groups is 1. The Hall–Kier alpha value is -1.06. The van der Waals surface area contributed by atoms with Crippen LogP contribution in [0, 0.1) is 0 Å². The topological polar surface area (TPSA) is 23.6 Å². The Kier molecular flexibility index (Phi) is 4.48. The van der Waals surface area contributed by atoms with Crippen LogP contribution in [0.3, 0.4) is 0 Å². The summed E-state index contributed by atoms with van der Waals surface area (Å²) in [7, 11) is 4.10. The van der Waals surface area contributed by atoms with E-state index < -0.39 is 0 Å². The molecule has 1 aliphatic heterocycles. The third-order valence-electron chi connectivity index (χ3n) is 3.58. The number of benzene rings is 1. The second-order valence-electron chi connectivity index (χ2n) is 5.51. The van der Waals surface area contributed by atoms with Crippen molar-refractivity contribution < 1.29 is 4.79 Å². The van der Waals surface area contributed by atoms with Gasteiger partial charge < -0.3 is 9.80 Å². The van der Waals surface area contributed by atoms with Crippen molar-refractivity contribution in [1.82, 2.24) is 4.90 Å². The third-order valence-corrected chi connectivity index (χ3v) is 3.82. The molecule has 104 valence electrons. The Morgan fingerprint density at radius 3 is 2.84 bits per heavy atom. The van der Waals surface area contributed by atoms with Crippen LogP contribution in [0.5, 0.6) is 0 Å². The summed E-state index contributed by atoms with van der Waals surface area (Å²) in [6.07, 6.45) is 1.56. The Bertz CT molecular complexity index is 473. The number of amides is 1. The summed E-state index contributed by atoms with van der Waals surface area (Å²) in [5.74, 6) is 0.479. The number of rotatable bonds is 4. The molecule has 0 spiro atoms. The molecule has 4 heteroatoms. The van der Waals surface area contributed by atoms with E-state index in [2.05, 4.69) is 11.8 Å². The molecule has 1 aliphatic rings. The van der Waals surface area contributed by atoms with Crippen LogP contribution in [0.1, 0.15) is 31.2 Å². The smallest absolute Gasteiger partial charge is 0.227 e. The third kappa shape index (κ3) is 3.28. The van der Waals surface area contributed by atoms with Crippen molar-refractivity contribution >= 4 is 23.2 Å². The first-order chi connectivity index (χ1) is 8.99. The molecule has 19 heavy (non-hydrogen) atoms. The molecule has 0 aromatic heterocycles. The van der Waals surface area contributed by atoms with E-state index in [4.69, 9.17) is 11.6 Å². The first-order valence-electron chi connectivity index (χ1n) is 6.73. The lowest BCUT2D eigenvalue weighted by Crippen LogP contribution is -2.37. The maximum atomic E-state index is 12.2. The lowest BCUT2D eigenvalue weighted by molar-refractivity contribution is -0.119. The summed E-state index contributed by atoms with van der Waals surface area (Å²) in [5.41, 5.74) is 2.23. The Morgan fingerprint density at radius 2 is 2.16 bits per heavy atom. The summed E-state index contributed by atoms with van der Waals surface area (Å²) in [6, 6.07) is 5.83. The average molecular weight is 281 g/mol. The zero-order valence-electron chi connectivity index (χ0n) is 11.8. The van der Waals surface area contributed by atoms with Crippen LogP contribution in [0.15, 0.2) is 18.2 Å². The minimum absolute atomic E-state index is 0.223. The normalized spacial score (nSPS) is 18.9. The summed E-state index contributed by atoms with van der Waals surface area (Å²) >= 11 is 6.06. The van der Waals surface area contributed by atoms with Crippen LogP contribution in [-0.4, -0.2) is 38.0 Å². The lowest BCUT2D eigenvalue weighted by atomic mass is 9.91. The van der Waals surface area contributed by atoms with E-state index in [1.807, 2.05) is 37.2 Å². The summed E-state index contributed by atoms with van der Waals surface area (Å²) in [5, 5.41) is 0.744. The fourth-order valence-corrected chi connectivity index (χ4v) is 2.75. The van der Waals surface area contributed by atoms with Gasteiger partial charge >= 0.3 is 0 Å². The molecular formula is C15H21ClN2O. The molecular weight excluding hydrogens is 260 g/mol. The van der Waals surface area contributed by atoms with Crippen molar-refractivity contribution in [3.63, 3.8) is 0 Å². The predicted octanol–water partition coefficient (Wildman–Crippen LogP) is 3.13. The molecule has 0 N–H and O–H groups in total. The minimum Gasteiger partial charge on any atom is -0.312 e. The molecule has 0 fully saturated rings. The standard InChI is InChI=1S/C15H21ClN2O/c1-11-9-15(19)18(8-4-7-17(2)3)14-6-5-12(16)10-13(11)14/h5-6,10-11H,4,7-9H2,1-3H3/t11-/m1/s1. The van der Waals surface area contributed by atoms with Crippen LogP contribution in [0.2, 0.25) is 5.02 Å². The molecule has 0 saturated heterocycles. The maximum Gasteiger partial charge on any atom is 0.227 e. The quantitative estimate of drug-likeness (QED) is 0.846. The van der Waals surface area contributed by atoms with Crippen LogP contribution in [0.25, 0.3) is 0 Å². The summed E-state index contributed by atoms with van der Waals surface area (Å²) < 4.78 is 0. The van der Waals surface area contributed by atoms with Gasteiger partial charge in [0.2, 0.25) is 5.91 Å². The van der Waals surface area contributed by atoms with Gasteiger partial charge in [-0.25, -0.2) is 0 Å². The van der Waals surface area contributed by atoms with E-state index in [9.17, 15) is 4.79 Å². The molecule has 0 aliphatic carbocycles. The number of anilines is 1. The molecule has 1 aromatic rings. The van der Waals surface area contributed by atoms with Gasteiger partial charge in [0.15, 0.2) is 0 Å². The average Bonchev–Trinajstić information content (AvgIpc) is 2.33. The summed E-state index contributed by atoms with van der Waals surface area (Å²) in [6.45, 7) is 3.85. The van der Waals surface area contributed by atoms with Crippen molar-refractivity contribution in [2.24, 2.45) is 0 Å². The number of halogens is 1. The van der Waals surface area contributed by atoms with Crippen molar-refractivity contribution in [3.8, 4) is 0 Å². The molecule has 1 amide bonds. The van der Waals surface area contributed by atoms with Gasteiger partial charge in [-0.3, -0.25) is 4.79 Å². The number of nitrogens with zero attached hydrogens (tertiary/aromatic N) is 2. The highest BCUT2D eigenvalue weighted by Gasteiger charge is 2.28. The molecule has 0 saturated carbocycles. The van der Waals surface area contributed by atoms with E-state index in [0.29, 0.717) is 6.42 Å². The van der Waals surface area contributed by atoms with Gasteiger partial charge in [0, 0.05) is 23.7 Å². The van der Waals surface area contributed by atoms with E-state index in [1.165, 1.54) is 5.56 Å². The first-order valence-corrected chi connectivity index (χ1v) is 7.11. The lowest BCUT2D eigenvalue weighted by Gasteiger charge is -2.33. The fraction of sp³-hybridized carbons (Fsp3) is 0.533. The van der Waals surface area contributed by atoms with Crippen molar-refractivity contribution in [1.29, 1.82) is 0 Å². The van der Waals surface area contributed by atoms with Gasteiger partial charge in [-0.05, 0) is 56.7 Å². The highest BCUT2D eigenvalue weighted by atomic mass is 35.5. The predicted molar refractivity (Wildman–Crippen MR) is 80.0 cm³/mol.